The SMILES string of the molecule is CN(C)CCN.Nc1ccccc1. The number of nitrogens with zero attached hydrogens (tertiary/aromatic N) is 1. The van der Waals surface area contributed by atoms with Crippen LogP contribution < -0.4 is 11.5 Å². The molecular formula is C10H19N3. The van der Waals surface area contributed by atoms with Crippen molar-refractivity contribution in [2.45, 2.75) is 0 Å². The van der Waals surface area contributed by atoms with Crippen molar-refractivity contribution in [1.29, 1.82) is 0 Å². The molecule has 0 aliphatic rings. The van der Waals surface area contributed by atoms with E-state index < -0.39 is 0 Å². The van der Waals surface area contributed by atoms with Crippen molar-refractivity contribution < 1.29 is 0 Å². The van der Waals surface area contributed by atoms with Crippen LogP contribution in [0.4, 0.5) is 5.69 Å². The van der Waals surface area contributed by atoms with Crippen molar-refractivity contribution in [3.63, 3.8) is 0 Å². The summed E-state index contributed by atoms with van der Waals surface area (Å²) in [4.78, 5) is 2.06. The van der Waals surface area contributed by atoms with Crippen molar-refractivity contribution in [2.75, 3.05) is 32.9 Å². The molecule has 74 valence electrons. The largest absolute Gasteiger partial charge is 0.399 e. The molecule has 0 bridgehead atoms. The topological polar surface area (TPSA) is 55.3 Å². The highest BCUT2D eigenvalue weighted by atomic mass is 15.1. The Bertz CT molecular complexity index is 197. The van der Waals surface area contributed by atoms with Gasteiger partial charge in [0.25, 0.3) is 0 Å². The Balaban J connectivity index is 0.000000226. The first kappa shape index (κ1) is 11.9. The Kier molecular flexibility index (Phi) is 6.96. The number of nitrogens with two attached hydrogens (primary N) is 2. The summed E-state index contributed by atoms with van der Waals surface area (Å²) in [7, 11) is 4.01. The van der Waals surface area contributed by atoms with Gasteiger partial charge in [-0.05, 0) is 26.2 Å². The number of para-hydroxylation sites is 1. The van der Waals surface area contributed by atoms with E-state index in [0.29, 0.717) is 0 Å². The molecule has 0 atom stereocenters. The summed E-state index contributed by atoms with van der Waals surface area (Å²) >= 11 is 0. The molecule has 0 aliphatic heterocycles. The van der Waals surface area contributed by atoms with Crippen molar-refractivity contribution in [3.8, 4) is 0 Å². The Hall–Kier alpha value is -1.06. The van der Waals surface area contributed by atoms with E-state index in [1.165, 1.54) is 0 Å². The second kappa shape index (κ2) is 7.58. The third-order valence-corrected chi connectivity index (χ3v) is 1.38. The van der Waals surface area contributed by atoms with Crippen molar-refractivity contribution in [2.24, 2.45) is 5.73 Å². The zero-order chi connectivity index (χ0) is 10.1. The first-order valence-electron chi connectivity index (χ1n) is 4.32. The molecule has 0 heterocycles. The molecule has 3 nitrogen and oxygen atoms in total. The fourth-order valence-corrected chi connectivity index (χ4v) is 0.711. The number of rotatable bonds is 2. The summed E-state index contributed by atoms with van der Waals surface area (Å²) in [6.07, 6.45) is 0. The van der Waals surface area contributed by atoms with Crippen LogP contribution in [0.5, 0.6) is 0 Å². The molecule has 1 aromatic rings. The normalized spacial score (nSPS) is 9.23. The second-order valence-electron chi connectivity index (χ2n) is 3.00. The number of hydrogen-bond acceptors (Lipinski definition) is 3. The van der Waals surface area contributed by atoms with Gasteiger partial charge >= 0.3 is 0 Å². The third kappa shape index (κ3) is 8.85. The highest BCUT2D eigenvalue weighted by Gasteiger charge is 1.79. The molecule has 0 fully saturated rings. The van der Waals surface area contributed by atoms with Gasteiger partial charge in [-0.15, -0.1) is 0 Å². The Labute approximate surface area is 80.3 Å². The highest BCUT2D eigenvalue weighted by molar-refractivity contribution is 5.35. The first-order valence-corrected chi connectivity index (χ1v) is 4.32. The molecule has 4 N–H and O–H groups in total. The molecule has 1 rings (SSSR count). The Morgan fingerprint density at radius 3 is 1.85 bits per heavy atom. The minimum atomic E-state index is 0.757. The van der Waals surface area contributed by atoms with Gasteiger partial charge in [-0.3, -0.25) is 0 Å². The molecule has 0 radical (unpaired) electrons. The predicted octanol–water partition coefficient (Wildman–Crippen LogP) is 0.776. The molecule has 3 heteroatoms. The van der Waals surface area contributed by atoms with Gasteiger partial charge in [0.1, 0.15) is 0 Å². The summed E-state index contributed by atoms with van der Waals surface area (Å²) in [5.74, 6) is 0. The van der Waals surface area contributed by atoms with Crippen LogP contribution in [0.25, 0.3) is 0 Å². The number of nitrogen functional groups attached to an aromatic ring is 1. The summed E-state index contributed by atoms with van der Waals surface area (Å²) in [6.45, 7) is 1.74. The van der Waals surface area contributed by atoms with Gasteiger partial charge in [0, 0.05) is 18.8 Å². The third-order valence-electron chi connectivity index (χ3n) is 1.38. The number of likely N-dealkylation sites (N-methyl/N-ethyl adjacent to an activating group) is 1. The van der Waals surface area contributed by atoms with Crippen LogP contribution in [0.3, 0.4) is 0 Å². The van der Waals surface area contributed by atoms with Gasteiger partial charge in [-0.2, -0.15) is 0 Å². The molecule has 13 heavy (non-hydrogen) atoms. The standard InChI is InChI=1S/C6H7N.C4H12N2/c7-6-4-2-1-3-5-6;1-6(2)4-3-5/h1-5H,7H2;3-5H2,1-2H3. The maximum atomic E-state index is 5.36. The first-order chi connectivity index (χ1) is 6.16. The van der Waals surface area contributed by atoms with Crippen LogP contribution in [0, 0.1) is 0 Å². The van der Waals surface area contributed by atoms with Crippen molar-refractivity contribution >= 4 is 5.69 Å². The lowest BCUT2D eigenvalue weighted by Gasteiger charge is -2.03. The van der Waals surface area contributed by atoms with Crippen LogP contribution in [0.2, 0.25) is 0 Å². The molecular weight excluding hydrogens is 162 g/mol. The van der Waals surface area contributed by atoms with Gasteiger partial charge in [-0.1, -0.05) is 18.2 Å². The highest BCUT2D eigenvalue weighted by Crippen LogP contribution is 1.95. The van der Waals surface area contributed by atoms with E-state index in [-0.39, 0.29) is 0 Å². The maximum Gasteiger partial charge on any atom is 0.0313 e. The average Bonchev–Trinajstić information content (AvgIpc) is 2.06. The van der Waals surface area contributed by atoms with Crippen LogP contribution in [0.1, 0.15) is 0 Å². The lowest BCUT2D eigenvalue weighted by atomic mass is 10.3. The fraction of sp³-hybridized carbons (Fsp3) is 0.400. The van der Waals surface area contributed by atoms with Gasteiger partial charge < -0.3 is 16.4 Å². The average molecular weight is 181 g/mol. The molecule has 0 unspecified atom stereocenters. The van der Waals surface area contributed by atoms with Crippen LogP contribution in [-0.2, 0) is 0 Å². The number of benzene rings is 1. The minimum absolute atomic E-state index is 0.757. The van der Waals surface area contributed by atoms with E-state index in [1.807, 2.05) is 44.4 Å². The summed E-state index contributed by atoms with van der Waals surface area (Å²) in [5.41, 5.74) is 11.4. The van der Waals surface area contributed by atoms with E-state index in [1.54, 1.807) is 0 Å². The van der Waals surface area contributed by atoms with Crippen LogP contribution >= 0.6 is 0 Å². The van der Waals surface area contributed by atoms with Crippen molar-refractivity contribution in [1.82, 2.24) is 4.90 Å². The van der Waals surface area contributed by atoms with Crippen LogP contribution in [0.15, 0.2) is 30.3 Å². The molecule has 0 spiro atoms. The van der Waals surface area contributed by atoms with Crippen LogP contribution in [-0.4, -0.2) is 32.1 Å². The fourth-order valence-electron chi connectivity index (χ4n) is 0.711. The minimum Gasteiger partial charge on any atom is -0.399 e. The monoisotopic (exact) mass is 181 g/mol. The van der Waals surface area contributed by atoms with E-state index >= 15 is 0 Å². The van der Waals surface area contributed by atoms with Gasteiger partial charge in [0.15, 0.2) is 0 Å². The van der Waals surface area contributed by atoms with E-state index in [0.717, 1.165) is 18.8 Å². The van der Waals surface area contributed by atoms with E-state index in [4.69, 9.17) is 11.5 Å². The Morgan fingerprint density at radius 1 is 1.15 bits per heavy atom. The zero-order valence-electron chi connectivity index (χ0n) is 8.40. The molecule has 0 amide bonds. The predicted molar refractivity (Wildman–Crippen MR) is 58.5 cm³/mol. The maximum absolute atomic E-state index is 5.36. The van der Waals surface area contributed by atoms with Gasteiger partial charge in [0.2, 0.25) is 0 Å². The van der Waals surface area contributed by atoms with Crippen molar-refractivity contribution in [3.05, 3.63) is 30.3 Å². The van der Waals surface area contributed by atoms with E-state index in [9.17, 15) is 0 Å². The molecule has 0 aliphatic carbocycles. The number of anilines is 1. The zero-order valence-corrected chi connectivity index (χ0v) is 8.40. The van der Waals surface area contributed by atoms with Gasteiger partial charge in [-0.25, -0.2) is 0 Å². The molecule has 0 saturated carbocycles. The summed E-state index contributed by atoms with van der Waals surface area (Å²) in [5, 5.41) is 0. The number of hydrogen-bond donors (Lipinski definition) is 2. The molecule has 0 saturated heterocycles. The quantitative estimate of drug-likeness (QED) is 0.663. The smallest absolute Gasteiger partial charge is 0.0313 e. The second-order valence-corrected chi connectivity index (χ2v) is 3.00. The molecule has 1 aromatic carbocycles. The van der Waals surface area contributed by atoms with E-state index in [2.05, 4.69) is 4.90 Å². The van der Waals surface area contributed by atoms with Gasteiger partial charge in [0.05, 0.1) is 0 Å². The Morgan fingerprint density at radius 2 is 1.69 bits per heavy atom. The lowest BCUT2D eigenvalue weighted by Crippen LogP contribution is -2.20. The lowest BCUT2D eigenvalue weighted by molar-refractivity contribution is 0.420. The molecule has 0 aromatic heterocycles. The summed E-state index contributed by atoms with van der Waals surface area (Å²) in [6, 6.07) is 9.49. The summed E-state index contributed by atoms with van der Waals surface area (Å²) < 4.78 is 0.